The van der Waals surface area contributed by atoms with Gasteiger partial charge in [0.05, 0.1) is 6.61 Å². The first-order valence-electron chi connectivity index (χ1n) is 7.58. The monoisotopic (exact) mass is 310 g/mol. The largest absolute Gasteiger partial charge is 0.395 e. The van der Waals surface area contributed by atoms with E-state index >= 15 is 0 Å². The van der Waals surface area contributed by atoms with E-state index in [0.29, 0.717) is 5.92 Å². The number of hydrogen-bond donors (Lipinski definition) is 1. The first-order valence-corrected chi connectivity index (χ1v) is 8.80. The van der Waals surface area contributed by atoms with Gasteiger partial charge in [-0.25, -0.2) is 9.97 Å². The highest BCUT2D eigenvalue weighted by molar-refractivity contribution is 7.98. The van der Waals surface area contributed by atoms with Gasteiger partial charge in [0.15, 0.2) is 5.16 Å². The molecule has 0 spiro atoms. The van der Waals surface area contributed by atoms with Crippen LogP contribution < -0.4 is 0 Å². The van der Waals surface area contributed by atoms with Gasteiger partial charge in [0, 0.05) is 44.1 Å². The molecule has 0 radical (unpaired) electrons. The van der Waals surface area contributed by atoms with E-state index < -0.39 is 0 Å². The smallest absolute Gasteiger partial charge is 0.187 e. The van der Waals surface area contributed by atoms with E-state index in [9.17, 15) is 0 Å². The van der Waals surface area contributed by atoms with Gasteiger partial charge >= 0.3 is 0 Å². The van der Waals surface area contributed by atoms with Crippen LogP contribution in [0.2, 0.25) is 0 Å². The molecular weight excluding hydrogens is 284 g/mol. The number of likely N-dealkylation sites (tertiary alicyclic amines) is 1. The van der Waals surface area contributed by atoms with Crippen LogP contribution in [0.3, 0.4) is 0 Å². The molecule has 0 unspecified atom stereocenters. The molecule has 0 aromatic carbocycles. The molecule has 1 aromatic rings. The molecule has 0 aliphatic carbocycles. The van der Waals surface area contributed by atoms with E-state index in [4.69, 9.17) is 5.11 Å². The van der Waals surface area contributed by atoms with Crippen molar-refractivity contribution in [3.05, 3.63) is 18.0 Å². The van der Waals surface area contributed by atoms with Gasteiger partial charge in [-0.1, -0.05) is 11.8 Å². The average molecular weight is 310 g/mol. The number of β-amino-alcohol motifs (C(OH)–C–C–N with tert-alkyl or cyclic N) is 1. The molecule has 0 amide bonds. The fourth-order valence-corrected chi connectivity index (χ4v) is 3.31. The molecular formula is C15H26N4OS. The number of aliphatic hydroxyl groups excluding tert-OH is 1. The highest BCUT2D eigenvalue weighted by Crippen LogP contribution is 2.18. The lowest BCUT2D eigenvalue weighted by Crippen LogP contribution is -2.41. The van der Waals surface area contributed by atoms with Crippen LogP contribution in [0.5, 0.6) is 0 Å². The lowest BCUT2D eigenvalue weighted by Gasteiger charge is -2.34. The predicted octanol–water partition coefficient (Wildman–Crippen LogP) is 1.33. The van der Waals surface area contributed by atoms with E-state index in [0.717, 1.165) is 37.9 Å². The first-order chi connectivity index (χ1) is 10.2. The summed E-state index contributed by atoms with van der Waals surface area (Å²) in [7, 11) is 2.16. The van der Waals surface area contributed by atoms with E-state index in [2.05, 4.69) is 26.8 Å². The summed E-state index contributed by atoms with van der Waals surface area (Å²) < 4.78 is 0. The zero-order chi connectivity index (χ0) is 15.1. The van der Waals surface area contributed by atoms with Gasteiger partial charge in [-0.15, -0.1) is 0 Å². The minimum atomic E-state index is 0.266. The Bertz CT molecular complexity index is 413. The summed E-state index contributed by atoms with van der Waals surface area (Å²) >= 11 is 1.57. The summed E-state index contributed by atoms with van der Waals surface area (Å²) in [6, 6.07) is 0. The van der Waals surface area contributed by atoms with Crippen LogP contribution in [0, 0.1) is 5.92 Å². The van der Waals surface area contributed by atoms with Gasteiger partial charge in [-0.3, -0.25) is 0 Å². The minimum Gasteiger partial charge on any atom is -0.395 e. The average Bonchev–Trinajstić information content (AvgIpc) is 2.48. The summed E-state index contributed by atoms with van der Waals surface area (Å²) in [6.45, 7) is 5.29. The fraction of sp³-hybridized carbons (Fsp3) is 0.733. The van der Waals surface area contributed by atoms with Crippen LogP contribution in [0.25, 0.3) is 0 Å². The highest BCUT2D eigenvalue weighted by Gasteiger charge is 2.20. The third-order valence-electron chi connectivity index (χ3n) is 3.91. The van der Waals surface area contributed by atoms with Crippen LogP contribution in [-0.2, 0) is 6.54 Å². The summed E-state index contributed by atoms with van der Waals surface area (Å²) in [4.78, 5) is 13.4. The molecule has 2 rings (SSSR count). The normalized spacial score (nSPS) is 20.1. The number of rotatable bonds is 7. The van der Waals surface area contributed by atoms with Crippen molar-refractivity contribution in [2.75, 3.05) is 46.1 Å². The van der Waals surface area contributed by atoms with Gasteiger partial charge in [0.2, 0.25) is 0 Å². The Balaban J connectivity index is 1.78. The zero-order valence-electron chi connectivity index (χ0n) is 13.0. The van der Waals surface area contributed by atoms with Crippen molar-refractivity contribution in [3.8, 4) is 0 Å². The molecule has 1 fully saturated rings. The minimum absolute atomic E-state index is 0.266. The van der Waals surface area contributed by atoms with Crippen molar-refractivity contribution < 1.29 is 5.11 Å². The van der Waals surface area contributed by atoms with Crippen LogP contribution in [0.4, 0.5) is 0 Å². The standard InChI is InChI=1S/C15H26N4OS/c1-18(11-14-8-16-15(21-2)17-9-14)10-13-4-3-5-19(12-13)6-7-20/h8-9,13,20H,3-7,10-12H2,1-2H3/t13-/m1/s1. The molecule has 0 bridgehead atoms. The molecule has 1 aliphatic rings. The van der Waals surface area contributed by atoms with Crippen molar-refractivity contribution in [2.24, 2.45) is 5.92 Å². The molecule has 5 nitrogen and oxygen atoms in total. The number of aliphatic hydroxyl groups is 1. The highest BCUT2D eigenvalue weighted by atomic mass is 32.2. The van der Waals surface area contributed by atoms with Gasteiger partial charge < -0.3 is 14.9 Å². The quantitative estimate of drug-likeness (QED) is 0.606. The molecule has 1 saturated heterocycles. The Morgan fingerprint density at radius 2 is 2.19 bits per heavy atom. The van der Waals surface area contributed by atoms with Crippen LogP contribution in [0.15, 0.2) is 17.6 Å². The Morgan fingerprint density at radius 3 is 2.86 bits per heavy atom. The van der Waals surface area contributed by atoms with Gasteiger partial charge in [0.1, 0.15) is 0 Å². The first kappa shape index (κ1) is 16.7. The Hall–Kier alpha value is -0.690. The van der Waals surface area contributed by atoms with Gasteiger partial charge in [-0.05, 0) is 38.6 Å². The molecule has 1 N–H and O–H groups in total. The van der Waals surface area contributed by atoms with Crippen molar-refractivity contribution in [2.45, 2.75) is 24.5 Å². The number of aromatic nitrogens is 2. The fourth-order valence-electron chi connectivity index (χ4n) is 2.99. The number of hydrogen-bond acceptors (Lipinski definition) is 6. The van der Waals surface area contributed by atoms with Crippen molar-refractivity contribution in [3.63, 3.8) is 0 Å². The SMILES string of the molecule is CSc1ncc(CN(C)C[C@H]2CCCN(CCO)C2)cn1. The number of thioether (sulfide) groups is 1. The zero-order valence-corrected chi connectivity index (χ0v) is 13.8. The van der Waals surface area contributed by atoms with E-state index in [1.165, 1.54) is 18.4 Å². The molecule has 21 heavy (non-hydrogen) atoms. The maximum absolute atomic E-state index is 9.06. The maximum atomic E-state index is 9.06. The molecule has 118 valence electrons. The molecule has 6 heteroatoms. The predicted molar refractivity (Wildman–Crippen MR) is 86.4 cm³/mol. The van der Waals surface area contributed by atoms with Crippen LogP contribution in [0.1, 0.15) is 18.4 Å². The van der Waals surface area contributed by atoms with Crippen LogP contribution in [-0.4, -0.2) is 71.0 Å². The summed E-state index contributed by atoms with van der Waals surface area (Å²) in [5, 5.41) is 9.88. The molecule has 1 atom stereocenters. The second-order valence-electron chi connectivity index (χ2n) is 5.81. The Morgan fingerprint density at radius 1 is 1.43 bits per heavy atom. The third-order valence-corrected chi connectivity index (χ3v) is 4.48. The lowest BCUT2D eigenvalue weighted by atomic mass is 9.97. The van der Waals surface area contributed by atoms with Crippen LogP contribution >= 0.6 is 11.8 Å². The number of piperidine rings is 1. The Kier molecular flexibility index (Phi) is 6.89. The van der Waals surface area contributed by atoms with Crippen molar-refractivity contribution in [1.82, 2.24) is 19.8 Å². The molecule has 1 aromatic heterocycles. The van der Waals surface area contributed by atoms with E-state index in [1.54, 1.807) is 11.8 Å². The second kappa shape index (κ2) is 8.68. The molecule has 2 heterocycles. The lowest BCUT2D eigenvalue weighted by molar-refractivity contribution is 0.119. The van der Waals surface area contributed by atoms with E-state index in [1.807, 2.05) is 18.6 Å². The van der Waals surface area contributed by atoms with Gasteiger partial charge in [0.25, 0.3) is 0 Å². The third kappa shape index (κ3) is 5.54. The topological polar surface area (TPSA) is 52.5 Å². The van der Waals surface area contributed by atoms with Crippen molar-refractivity contribution in [1.29, 1.82) is 0 Å². The molecule has 0 saturated carbocycles. The number of nitrogens with zero attached hydrogens (tertiary/aromatic N) is 4. The second-order valence-corrected chi connectivity index (χ2v) is 6.58. The maximum Gasteiger partial charge on any atom is 0.187 e. The summed E-state index contributed by atoms with van der Waals surface area (Å²) in [5.74, 6) is 0.696. The molecule has 1 aliphatic heterocycles. The van der Waals surface area contributed by atoms with Gasteiger partial charge in [-0.2, -0.15) is 0 Å². The summed E-state index contributed by atoms with van der Waals surface area (Å²) in [5.41, 5.74) is 1.17. The van der Waals surface area contributed by atoms with E-state index in [-0.39, 0.29) is 6.61 Å². The summed E-state index contributed by atoms with van der Waals surface area (Å²) in [6.07, 6.45) is 8.36. The Labute approximate surface area is 131 Å². The van der Waals surface area contributed by atoms with Crippen molar-refractivity contribution >= 4 is 11.8 Å².